The number of rotatable bonds is 5. The molecule has 21 heavy (non-hydrogen) atoms. The molecule has 0 unspecified atom stereocenters. The Kier molecular flexibility index (Phi) is 3.63. The Morgan fingerprint density at radius 2 is 2.14 bits per heavy atom. The molecule has 3 rings (SSSR count). The van der Waals surface area contributed by atoms with Gasteiger partial charge in [0.2, 0.25) is 6.79 Å². The summed E-state index contributed by atoms with van der Waals surface area (Å²) in [7, 11) is 1.56. The third-order valence-electron chi connectivity index (χ3n) is 3.12. The van der Waals surface area contributed by atoms with Gasteiger partial charge < -0.3 is 24.4 Å². The SMILES string of the molecule is COc1cc2c(cc1-c1cn(C[C@H](O)CO)nn1)OCO2. The molecular formula is C13H15N3O5. The van der Waals surface area contributed by atoms with E-state index in [1.165, 1.54) is 4.68 Å². The summed E-state index contributed by atoms with van der Waals surface area (Å²) in [6, 6.07) is 3.51. The number of aliphatic hydroxyl groups excluding tert-OH is 2. The highest BCUT2D eigenvalue weighted by Crippen LogP contribution is 2.41. The van der Waals surface area contributed by atoms with E-state index in [4.69, 9.17) is 19.3 Å². The zero-order chi connectivity index (χ0) is 14.8. The highest BCUT2D eigenvalue weighted by atomic mass is 16.7. The predicted octanol–water partition coefficient (Wildman–Crippen LogP) is 0.0356. The lowest BCUT2D eigenvalue weighted by Gasteiger charge is -2.07. The summed E-state index contributed by atoms with van der Waals surface area (Å²) < 4.78 is 17.4. The molecule has 112 valence electrons. The second-order valence-corrected chi connectivity index (χ2v) is 4.57. The summed E-state index contributed by atoms with van der Waals surface area (Å²) in [6.45, 7) is 0.0101. The molecule has 2 heterocycles. The number of aliphatic hydroxyl groups is 2. The van der Waals surface area contributed by atoms with Crippen LogP contribution in [0.3, 0.4) is 0 Å². The van der Waals surface area contributed by atoms with Gasteiger partial charge in [0.25, 0.3) is 0 Å². The Morgan fingerprint density at radius 3 is 2.86 bits per heavy atom. The molecule has 0 amide bonds. The van der Waals surface area contributed by atoms with Crippen LogP contribution >= 0.6 is 0 Å². The molecule has 0 aliphatic carbocycles. The molecule has 0 radical (unpaired) electrons. The fourth-order valence-corrected chi connectivity index (χ4v) is 2.08. The fraction of sp³-hybridized carbons (Fsp3) is 0.385. The van der Waals surface area contributed by atoms with Crippen molar-refractivity contribution in [2.75, 3.05) is 20.5 Å². The molecule has 1 atom stereocenters. The summed E-state index contributed by atoms with van der Waals surface area (Å²) in [6.07, 6.45) is 0.789. The molecule has 1 aromatic heterocycles. The van der Waals surface area contributed by atoms with E-state index in [0.717, 1.165) is 0 Å². The van der Waals surface area contributed by atoms with Crippen molar-refractivity contribution in [2.24, 2.45) is 0 Å². The van der Waals surface area contributed by atoms with E-state index in [0.29, 0.717) is 28.5 Å². The van der Waals surface area contributed by atoms with Crippen LogP contribution in [0.5, 0.6) is 17.2 Å². The Hall–Kier alpha value is -2.32. The number of hydrogen-bond donors (Lipinski definition) is 2. The molecule has 0 fully saturated rings. The van der Waals surface area contributed by atoms with Gasteiger partial charge in [-0.1, -0.05) is 5.21 Å². The van der Waals surface area contributed by atoms with Crippen LogP contribution in [0, 0.1) is 0 Å². The van der Waals surface area contributed by atoms with Crippen molar-refractivity contribution in [3.8, 4) is 28.5 Å². The second kappa shape index (κ2) is 5.58. The summed E-state index contributed by atoms with van der Waals surface area (Å²) in [4.78, 5) is 0. The van der Waals surface area contributed by atoms with Gasteiger partial charge in [-0.05, 0) is 6.07 Å². The van der Waals surface area contributed by atoms with Crippen LogP contribution < -0.4 is 14.2 Å². The van der Waals surface area contributed by atoms with Gasteiger partial charge in [0, 0.05) is 11.6 Å². The van der Waals surface area contributed by atoms with E-state index >= 15 is 0 Å². The van der Waals surface area contributed by atoms with Gasteiger partial charge in [-0.2, -0.15) is 0 Å². The standard InChI is InChI=1S/C13H15N3O5/c1-19-11-3-13-12(20-7-21-13)2-9(11)10-5-16(15-14-10)4-8(18)6-17/h2-3,5,8,17-18H,4,6-7H2,1H3/t8-/m0/s1. The average Bonchev–Trinajstić information content (AvgIpc) is 3.13. The van der Waals surface area contributed by atoms with Crippen molar-refractivity contribution < 1.29 is 24.4 Å². The molecule has 1 aliphatic rings. The van der Waals surface area contributed by atoms with Gasteiger partial charge in [-0.15, -0.1) is 5.10 Å². The number of fused-ring (bicyclic) bond motifs is 1. The predicted molar refractivity (Wildman–Crippen MR) is 71.2 cm³/mol. The van der Waals surface area contributed by atoms with Crippen LogP contribution in [0.2, 0.25) is 0 Å². The summed E-state index contributed by atoms with van der Waals surface area (Å²) in [5.74, 6) is 1.84. The molecule has 0 bridgehead atoms. The quantitative estimate of drug-likeness (QED) is 0.802. The number of nitrogens with zero attached hydrogens (tertiary/aromatic N) is 3. The zero-order valence-electron chi connectivity index (χ0n) is 11.4. The Morgan fingerprint density at radius 1 is 1.38 bits per heavy atom. The van der Waals surface area contributed by atoms with E-state index < -0.39 is 6.10 Å². The van der Waals surface area contributed by atoms with Crippen molar-refractivity contribution in [3.05, 3.63) is 18.3 Å². The van der Waals surface area contributed by atoms with Crippen molar-refractivity contribution in [3.63, 3.8) is 0 Å². The van der Waals surface area contributed by atoms with Gasteiger partial charge in [-0.25, -0.2) is 4.68 Å². The van der Waals surface area contributed by atoms with Crippen LogP contribution in [0.1, 0.15) is 0 Å². The van der Waals surface area contributed by atoms with Crippen LogP contribution in [0.15, 0.2) is 18.3 Å². The third kappa shape index (κ3) is 2.63. The van der Waals surface area contributed by atoms with E-state index in [1.54, 1.807) is 25.4 Å². The van der Waals surface area contributed by atoms with Gasteiger partial charge in [0.05, 0.1) is 32.6 Å². The fourth-order valence-electron chi connectivity index (χ4n) is 2.08. The van der Waals surface area contributed by atoms with Gasteiger partial charge in [-0.3, -0.25) is 0 Å². The zero-order valence-corrected chi connectivity index (χ0v) is 11.4. The third-order valence-corrected chi connectivity index (χ3v) is 3.12. The van der Waals surface area contributed by atoms with Gasteiger partial charge >= 0.3 is 0 Å². The lowest BCUT2D eigenvalue weighted by Crippen LogP contribution is -2.20. The lowest BCUT2D eigenvalue weighted by molar-refractivity contribution is 0.0778. The van der Waals surface area contributed by atoms with Crippen LogP contribution in [-0.2, 0) is 6.54 Å². The first-order chi connectivity index (χ1) is 10.2. The topological polar surface area (TPSA) is 98.9 Å². The first-order valence-electron chi connectivity index (χ1n) is 6.38. The minimum Gasteiger partial charge on any atom is -0.496 e. The van der Waals surface area contributed by atoms with E-state index in [-0.39, 0.29) is 19.9 Å². The van der Waals surface area contributed by atoms with Crippen molar-refractivity contribution >= 4 is 0 Å². The molecule has 8 nitrogen and oxygen atoms in total. The molecule has 2 aromatic rings. The molecule has 8 heteroatoms. The number of benzene rings is 1. The first-order valence-corrected chi connectivity index (χ1v) is 6.38. The minimum absolute atomic E-state index is 0.163. The van der Waals surface area contributed by atoms with Crippen molar-refractivity contribution in [1.29, 1.82) is 0 Å². The number of ether oxygens (including phenoxy) is 3. The molecule has 0 saturated carbocycles. The molecule has 0 saturated heterocycles. The molecule has 2 N–H and O–H groups in total. The maximum atomic E-state index is 9.42. The first kappa shape index (κ1) is 13.7. The monoisotopic (exact) mass is 293 g/mol. The van der Waals surface area contributed by atoms with Crippen LogP contribution in [0.25, 0.3) is 11.3 Å². The normalized spacial score (nSPS) is 14.2. The smallest absolute Gasteiger partial charge is 0.231 e. The minimum atomic E-state index is -0.877. The second-order valence-electron chi connectivity index (χ2n) is 4.57. The van der Waals surface area contributed by atoms with Crippen molar-refractivity contribution in [1.82, 2.24) is 15.0 Å². The van der Waals surface area contributed by atoms with Gasteiger partial charge in [0.15, 0.2) is 11.5 Å². The molecular weight excluding hydrogens is 278 g/mol. The maximum Gasteiger partial charge on any atom is 0.231 e. The van der Waals surface area contributed by atoms with Crippen molar-refractivity contribution in [2.45, 2.75) is 12.6 Å². The number of hydrogen-bond acceptors (Lipinski definition) is 7. The largest absolute Gasteiger partial charge is 0.496 e. The average molecular weight is 293 g/mol. The number of aromatic nitrogens is 3. The highest BCUT2D eigenvalue weighted by molar-refractivity contribution is 5.71. The Balaban J connectivity index is 1.93. The lowest BCUT2D eigenvalue weighted by atomic mass is 10.1. The van der Waals surface area contributed by atoms with E-state index in [9.17, 15) is 5.11 Å². The van der Waals surface area contributed by atoms with Crippen LogP contribution in [-0.4, -0.2) is 51.8 Å². The number of methoxy groups -OCH3 is 1. The summed E-state index contributed by atoms with van der Waals surface area (Å²) in [5, 5.41) is 26.2. The molecule has 1 aromatic carbocycles. The van der Waals surface area contributed by atoms with Gasteiger partial charge in [0.1, 0.15) is 11.4 Å². The van der Waals surface area contributed by atoms with E-state index in [1.807, 2.05) is 0 Å². The highest BCUT2D eigenvalue weighted by Gasteiger charge is 2.20. The summed E-state index contributed by atoms with van der Waals surface area (Å²) >= 11 is 0. The molecule has 0 spiro atoms. The Labute approximate surface area is 120 Å². The molecule has 1 aliphatic heterocycles. The van der Waals surface area contributed by atoms with Crippen LogP contribution in [0.4, 0.5) is 0 Å². The summed E-state index contributed by atoms with van der Waals surface area (Å²) in [5.41, 5.74) is 1.29. The Bertz CT molecular complexity index is 643. The maximum absolute atomic E-state index is 9.42. The van der Waals surface area contributed by atoms with E-state index in [2.05, 4.69) is 10.3 Å².